The highest BCUT2D eigenvalue weighted by Gasteiger charge is 2.34. The molecule has 6 rings (SSSR count). The van der Waals surface area contributed by atoms with Crippen LogP contribution in [0.25, 0.3) is 54.3 Å². The molecule has 0 bridgehead atoms. The predicted molar refractivity (Wildman–Crippen MR) is 166 cm³/mol. The van der Waals surface area contributed by atoms with E-state index < -0.39 is 0 Å². The number of hydrogen-bond donors (Lipinski definition) is 0. The lowest BCUT2D eigenvalue weighted by Gasteiger charge is -2.28. The van der Waals surface area contributed by atoms with Gasteiger partial charge in [-0.1, -0.05) is 96.1 Å². The number of hydrogen-bond acceptors (Lipinski definition) is 0. The molecule has 0 saturated carbocycles. The zero-order valence-electron chi connectivity index (χ0n) is 24.5. The fourth-order valence-corrected chi connectivity index (χ4v) is 6.21. The van der Waals surface area contributed by atoms with E-state index in [-0.39, 0.29) is 16.4 Å². The van der Waals surface area contributed by atoms with Gasteiger partial charge in [-0.05, 0) is 71.8 Å². The van der Waals surface area contributed by atoms with Crippen LogP contribution < -0.4 is 4.57 Å². The van der Waals surface area contributed by atoms with Crippen LogP contribution in [0.4, 0.5) is 0 Å². The van der Waals surface area contributed by atoms with E-state index in [0.717, 1.165) is 0 Å². The second-order valence-electron chi connectivity index (χ2n) is 14.2. The minimum absolute atomic E-state index is 0.0220. The first kappa shape index (κ1) is 24.9. The summed E-state index contributed by atoms with van der Waals surface area (Å²) >= 11 is 0. The van der Waals surface area contributed by atoms with Gasteiger partial charge in [-0.2, -0.15) is 4.57 Å². The normalized spacial score (nSPS) is 13.4. The van der Waals surface area contributed by atoms with Crippen molar-refractivity contribution in [2.75, 3.05) is 0 Å². The molecule has 0 amide bonds. The lowest BCUT2D eigenvalue weighted by molar-refractivity contribution is -0.743. The van der Waals surface area contributed by atoms with E-state index in [1.54, 1.807) is 0 Å². The van der Waals surface area contributed by atoms with Gasteiger partial charge in [0.25, 0.3) is 0 Å². The number of benzene rings is 5. The summed E-state index contributed by atoms with van der Waals surface area (Å²) in [6.45, 7) is 20.9. The van der Waals surface area contributed by atoms with Gasteiger partial charge in [-0.15, -0.1) is 0 Å². The molecule has 38 heavy (non-hydrogen) atoms. The number of fused-ring (bicyclic) bond motifs is 1. The van der Waals surface area contributed by atoms with E-state index in [1.807, 2.05) is 0 Å². The molecule has 0 fully saturated rings. The zero-order chi connectivity index (χ0) is 27.2. The summed E-state index contributed by atoms with van der Waals surface area (Å²) in [5.41, 5.74) is 5.48. The largest absolute Gasteiger partial charge is 0.221 e. The van der Waals surface area contributed by atoms with Crippen molar-refractivity contribution < 1.29 is 4.57 Å². The third-order valence-electron chi connectivity index (χ3n) is 8.21. The SMILES string of the molecule is CC(C)(C)c1cc2ccc3cc(C(C)(C)C)c(-c4c5ccccc5cc[n+]4C(C)(C)C)c4ccc(c1)c2c34. The topological polar surface area (TPSA) is 3.88 Å². The number of nitrogens with zero attached hydrogens (tertiary/aromatic N) is 1. The Bertz CT molecular complexity index is 1830. The van der Waals surface area contributed by atoms with Crippen LogP contribution in [0.2, 0.25) is 0 Å². The predicted octanol–water partition coefficient (Wildman–Crippen LogP) is 10.0. The molecule has 1 heteroatoms. The zero-order valence-corrected chi connectivity index (χ0v) is 24.5. The summed E-state index contributed by atoms with van der Waals surface area (Å²) in [6, 6.07) is 27.9. The summed E-state index contributed by atoms with van der Waals surface area (Å²) in [5.74, 6) is 0. The molecule has 5 aromatic carbocycles. The Morgan fingerprint density at radius 2 is 1.13 bits per heavy atom. The van der Waals surface area contributed by atoms with Crippen molar-refractivity contribution in [3.8, 4) is 11.3 Å². The molecule has 0 aliphatic heterocycles. The molecule has 0 aliphatic carbocycles. The molecule has 0 N–H and O–H groups in total. The maximum atomic E-state index is 2.49. The van der Waals surface area contributed by atoms with Crippen molar-refractivity contribution >= 4 is 43.1 Å². The highest BCUT2D eigenvalue weighted by Crippen LogP contribution is 2.46. The van der Waals surface area contributed by atoms with Gasteiger partial charge in [0.15, 0.2) is 11.7 Å². The van der Waals surface area contributed by atoms with Crippen molar-refractivity contribution in [3.63, 3.8) is 0 Å². The lowest BCUT2D eigenvalue weighted by atomic mass is 9.77. The molecular weight excluding hydrogens is 458 g/mol. The Morgan fingerprint density at radius 3 is 1.74 bits per heavy atom. The third-order valence-corrected chi connectivity index (χ3v) is 8.21. The van der Waals surface area contributed by atoms with Gasteiger partial charge < -0.3 is 0 Å². The molecule has 192 valence electrons. The fourth-order valence-electron chi connectivity index (χ4n) is 6.21. The number of aromatic nitrogens is 1. The molecule has 0 atom stereocenters. The van der Waals surface area contributed by atoms with Gasteiger partial charge >= 0.3 is 0 Å². The lowest BCUT2D eigenvalue weighted by Crippen LogP contribution is -2.51. The van der Waals surface area contributed by atoms with Crippen LogP contribution in [0.1, 0.15) is 73.4 Å². The van der Waals surface area contributed by atoms with E-state index in [0.29, 0.717) is 0 Å². The Balaban J connectivity index is 1.86. The monoisotopic (exact) mass is 498 g/mol. The second kappa shape index (κ2) is 8.03. The van der Waals surface area contributed by atoms with E-state index in [1.165, 1.54) is 65.5 Å². The first-order chi connectivity index (χ1) is 17.7. The number of pyridine rings is 1. The maximum absolute atomic E-state index is 2.49. The van der Waals surface area contributed by atoms with E-state index in [9.17, 15) is 0 Å². The van der Waals surface area contributed by atoms with Gasteiger partial charge in [0, 0.05) is 26.8 Å². The Labute approximate surface area is 227 Å². The molecule has 0 spiro atoms. The summed E-state index contributed by atoms with van der Waals surface area (Å²) in [7, 11) is 0. The summed E-state index contributed by atoms with van der Waals surface area (Å²) in [6.07, 6.45) is 2.29. The molecule has 1 heterocycles. The average molecular weight is 499 g/mol. The van der Waals surface area contributed by atoms with E-state index in [2.05, 4.69) is 146 Å². The molecule has 6 aromatic rings. The van der Waals surface area contributed by atoms with E-state index >= 15 is 0 Å². The molecular formula is C37H40N+. The Kier molecular flexibility index (Phi) is 5.25. The van der Waals surface area contributed by atoms with Crippen LogP contribution in [0.3, 0.4) is 0 Å². The highest BCUT2D eigenvalue weighted by atomic mass is 15.0. The highest BCUT2D eigenvalue weighted by molar-refractivity contribution is 6.26. The summed E-state index contributed by atoms with van der Waals surface area (Å²) < 4.78 is 2.49. The fraction of sp³-hybridized carbons (Fsp3) is 0.324. The van der Waals surface area contributed by atoms with Crippen molar-refractivity contribution in [1.82, 2.24) is 0 Å². The van der Waals surface area contributed by atoms with Crippen LogP contribution >= 0.6 is 0 Å². The van der Waals surface area contributed by atoms with Crippen LogP contribution in [-0.2, 0) is 16.4 Å². The standard InChI is InChI=1S/C37H40N/c1-35(2,3)27-20-24-14-15-26-22-30(36(4,5)6)33(29-17-16-25(21-27)31(24)32(26)29)34-28-13-11-10-12-23(28)18-19-38(34)37(7,8)9/h10-22H,1-9H3/q+1. The van der Waals surface area contributed by atoms with Crippen LogP contribution in [-0.4, -0.2) is 0 Å². The smallest absolute Gasteiger partial charge is 0.193 e. The minimum Gasteiger partial charge on any atom is -0.193 e. The van der Waals surface area contributed by atoms with Crippen molar-refractivity contribution in [2.24, 2.45) is 0 Å². The maximum Gasteiger partial charge on any atom is 0.221 e. The second-order valence-corrected chi connectivity index (χ2v) is 14.2. The summed E-state index contributed by atoms with van der Waals surface area (Å²) in [4.78, 5) is 0. The minimum atomic E-state index is -0.0693. The van der Waals surface area contributed by atoms with Crippen LogP contribution in [0, 0.1) is 0 Å². The van der Waals surface area contributed by atoms with E-state index in [4.69, 9.17) is 0 Å². The third kappa shape index (κ3) is 3.78. The molecule has 0 saturated heterocycles. The first-order valence-electron chi connectivity index (χ1n) is 14.0. The van der Waals surface area contributed by atoms with Gasteiger partial charge in [-0.3, -0.25) is 0 Å². The van der Waals surface area contributed by atoms with Gasteiger partial charge in [0.05, 0.1) is 10.9 Å². The van der Waals surface area contributed by atoms with Crippen LogP contribution in [0.5, 0.6) is 0 Å². The Hall–Kier alpha value is -3.45. The number of rotatable bonds is 1. The van der Waals surface area contributed by atoms with Crippen molar-refractivity contribution in [3.05, 3.63) is 90.1 Å². The van der Waals surface area contributed by atoms with Gasteiger partial charge in [-0.25, -0.2) is 0 Å². The van der Waals surface area contributed by atoms with Crippen molar-refractivity contribution in [2.45, 2.75) is 78.7 Å². The summed E-state index contributed by atoms with van der Waals surface area (Å²) in [5, 5.41) is 10.7. The quantitative estimate of drug-likeness (QED) is 0.157. The average Bonchev–Trinajstić information content (AvgIpc) is 2.84. The van der Waals surface area contributed by atoms with Gasteiger partial charge in [0.2, 0.25) is 5.69 Å². The van der Waals surface area contributed by atoms with Gasteiger partial charge in [0.1, 0.15) is 0 Å². The Morgan fingerprint density at radius 1 is 0.526 bits per heavy atom. The first-order valence-corrected chi connectivity index (χ1v) is 14.0. The molecule has 1 aromatic heterocycles. The van der Waals surface area contributed by atoms with Crippen molar-refractivity contribution in [1.29, 1.82) is 0 Å². The molecule has 0 radical (unpaired) electrons. The van der Waals surface area contributed by atoms with Crippen LogP contribution in [0.15, 0.2) is 79.0 Å². The molecule has 0 aliphatic rings. The molecule has 1 nitrogen and oxygen atoms in total. The molecule has 0 unspecified atom stereocenters.